The molecule has 0 amide bonds. The van der Waals surface area contributed by atoms with E-state index in [0.717, 1.165) is 35.7 Å². The van der Waals surface area contributed by atoms with Gasteiger partial charge in [-0.3, -0.25) is 4.79 Å². The molecule has 102 valence electrons. The van der Waals surface area contributed by atoms with Crippen molar-refractivity contribution in [1.29, 1.82) is 0 Å². The Morgan fingerprint density at radius 3 is 2.74 bits per heavy atom. The molecule has 19 heavy (non-hydrogen) atoms. The summed E-state index contributed by atoms with van der Waals surface area (Å²) in [5.41, 5.74) is 0.619. The quantitative estimate of drug-likeness (QED) is 0.372. The molecule has 0 radical (unpaired) electrons. The van der Waals surface area contributed by atoms with Gasteiger partial charge in [-0.25, -0.2) is 0 Å². The lowest BCUT2D eigenvalue weighted by Crippen LogP contribution is -2.33. The highest BCUT2D eigenvalue weighted by Crippen LogP contribution is 2.33. The summed E-state index contributed by atoms with van der Waals surface area (Å²) in [5.74, 6) is 2.86. The van der Waals surface area contributed by atoms with Gasteiger partial charge < -0.3 is 0 Å². The first-order valence-corrected chi connectivity index (χ1v) is 8.25. The van der Waals surface area contributed by atoms with E-state index in [1.807, 2.05) is 31.2 Å². The van der Waals surface area contributed by atoms with Gasteiger partial charge in [0.05, 0.1) is 10.7 Å². The number of unbranched alkanes of at least 4 members (excludes halogenated alkanes) is 2. The van der Waals surface area contributed by atoms with Gasteiger partial charge in [0.2, 0.25) is 0 Å². The van der Waals surface area contributed by atoms with Crippen LogP contribution >= 0.6 is 31.9 Å². The summed E-state index contributed by atoms with van der Waals surface area (Å²) in [7, 11) is 0. The number of carbonyl (C=O) groups excluding carboxylic acids is 1. The molecule has 1 atom stereocenters. The SMILES string of the molecule is C#CCCCCC(C)(C(=O)CBr)c1cccc(Br)c1. The van der Waals surface area contributed by atoms with Gasteiger partial charge in [-0.05, 0) is 37.5 Å². The van der Waals surface area contributed by atoms with Crippen molar-refractivity contribution in [3.05, 3.63) is 34.3 Å². The fourth-order valence-corrected chi connectivity index (χ4v) is 3.15. The summed E-state index contributed by atoms with van der Waals surface area (Å²) in [4.78, 5) is 12.3. The van der Waals surface area contributed by atoms with E-state index in [-0.39, 0.29) is 5.78 Å². The van der Waals surface area contributed by atoms with Crippen LogP contribution in [0, 0.1) is 12.3 Å². The summed E-state index contributed by atoms with van der Waals surface area (Å²) in [6.45, 7) is 2.02. The minimum atomic E-state index is -0.443. The smallest absolute Gasteiger partial charge is 0.153 e. The van der Waals surface area contributed by atoms with Crippen LogP contribution in [0.1, 0.15) is 38.2 Å². The lowest BCUT2D eigenvalue weighted by atomic mass is 9.75. The molecule has 1 unspecified atom stereocenters. The molecular weight excluding hydrogens is 368 g/mol. The van der Waals surface area contributed by atoms with Crippen LogP contribution in [-0.2, 0) is 10.2 Å². The zero-order valence-electron chi connectivity index (χ0n) is 11.1. The van der Waals surface area contributed by atoms with Crippen molar-refractivity contribution in [2.45, 2.75) is 38.0 Å². The highest BCUT2D eigenvalue weighted by Gasteiger charge is 2.33. The van der Waals surface area contributed by atoms with Gasteiger partial charge in [0.15, 0.2) is 5.78 Å². The highest BCUT2D eigenvalue weighted by atomic mass is 79.9. The number of terminal acetylenes is 1. The zero-order chi connectivity index (χ0) is 14.3. The monoisotopic (exact) mass is 384 g/mol. The third-order valence-corrected chi connectivity index (χ3v) is 4.45. The van der Waals surface area contributed by atoms with Gasteiger partial charge in [-0.2, -0.15) is 0 Å². The Morgan fingerprint density at radius 2 is 2.16 bits per heavy atom. The third-order valence-electron chi connectivity index (χ3n) is 3.45. The van der Waals surface area contributed by atoms with Gasteiger partial charge in [-0.15, -0.1) is 12.3 Å². The first-order valence-electron chi connectivity index (χ1n) is 6.33. The summed E-state index contributed by atoms with van der Waals surface area (Å²) in [5, 5.41) is 0.380. The van der Waals surface area contributed by atoms with E-state index in [4.69, 9.17) is 6.42 Å². The standard InChI is InChI=1S/C16H18Br2O/c1-3-4-5-6-10-16(2,15(19)12-17)13-8-7-9-14(18)11-13/h1,7-9,11H,4-6,10,12H2,2H3. The lowest BCUT2D eigenvalue weighted by Gasteiger charge is -2.28. The molecule has 1 aromatic rings. The molecule has 0 aliphatic heterocycles. The van der Waals surface area contributed by atoms with Crippen LogP contribution in [0.15, 0.2) is 28.7 Å². The molecule has 0 N–H and O–H groups in total. The topological polar surface area (TPSA) is 17.1 Å². The number of rotatable bonds is 7. The van der Waals surface area contributed by atoms with E-state index in [0.29, 0.717) is 5.33 Å². The number of ketones is 1. The summed E-state index contributed by atoms with van der Waals surface area (Å²) >= 11 is 6.76. The largest absolute Gasteiger partial charge is 0.298 e. The third kappa shape index (κ3) is 4.47. The second kappa shape index (κ2) is 7.87. The number of halogens is 2. The summed E-state index contributed by atoms with van der Waals surface area (Å²) < 4.78 is 1.00. The normalized spacial score (nSPS) is 13.6. The minimum absolute atomic E-state index is 0.214. The molecular formula is C16H18Br2O. The van der Waals surface area contributed by atoms with Crippen molar-refractivity contribution in [3.63, 3.8) is 0 Å². The first-order chi connectivity index (χ1) is 9.04. The van der Waals surface area contributed by atoms with Gasteiger partial charge in [-0.1, -0.05) is 50.4 Å². The van der Waals surface area contributed by atoms with Crippen LogP contribution in [0.25, 0.3) is 0 Å². The maximum Gasteiger partial charge on any atom is 0.153 e. The van der Waals surface area contributed by atoms with Crippen LogP contribution in [0.5, 0.6) is 0 Å². The molecule has 0 saturated heterocycles. The molecule has 0 heterocycles. The van der Waals surface area contributed by atoms with Gasteiger partial charge in [0.1, 0.15) is 0 Å². The van der Waals surface area contributed by atoms with Gasteiger partial charge in [0.25, 0.3) is 0 Å². The van der Waals surface area contributed by atoms with Crippen molar-refractivity contribution in [2.75, 3.05) is 5.33 Å². The van der Waals surface area contributed by atoms with Crippen molar-refractivity contribution in [2.24, 2.45) is 0 Å². The van der Waals surface area contributed by atoms with Crippen LogP contribution in [0.2, 0.25) is 0 Å². The van der Waals surface area contributed by atoms with Crippen LogP contribution in [0.4, 0.5) is 0 Å². The van der Waals surface area contributed by atoms with Gasteiger partial charge >= 0.3 is 0 Å². The van der Waals surface area contributed by atoms with Crippen LogP contribution < -0.4 is 0 Å². The second-order valence-corrected chi connectivity index (χ2v) is 6.29. The summed E-state index contributed by atoms with van der Waals surface area (Å²) in [6.07, 6.45) is 8.80. The molecule has 1 aromatic carbocycles. The van der Waals surface area contributed by atoms with Crippen molar-refractivity contribution in [3.8, 4) is 12.3 Å². The first kappa shape index (κ1) is 16.5. The average molecular weight is 386 g/mol. The Bertz CT molecular complexity index is 476. The maximum atomic E-state index is 12.3. The van der Waals surface area contributed by atoms with E-state index in [9.17, 15) is 4.79 Å². The molecule has 0 aromatic heterocycles. The van der Waals surface area contributed by atoms with Crippen molar-refractivity contribution in [1.82, 2.24) is 0 Å². The molecule has 0 fully saturated rings. The second-order valence-electron chi connectivity index (χ2n) is 4.81. The van der Waals surface area contributed by atoms with E-state index in [1.165, 1.54) is 0 Å². The Morgan fingerprint density at radius 1 is 1.42 bits per heavy atom. The number of hydrogen-bond donors (Lipinski definition) is 0. The fourth-order valence-electron chi connectivity index (χ4n) is 2.13. The molecule has 1 nitrogen and oxygen atoms in total. The van der Waals surface area contributed by atoms with Crippen LogP contribution in [0.3, 0.4) is 0 Å². The number of benzene rings is 1. The Balaban J connectivity index is 2.93. The maximum absolute atomic E-state index is 12.3. The van der Waals surface area contributed by atoms with Gasteiger partial charge in [0, 0.05) is 10.9 Å². The van der Waals surface area contributed by atoms with Crippen molar-refractivity contribution >= 4 is 37.6 Å². The molecule has 1 rings (SSSR count). The predicted octanol–water partition coefficient (Wildman–Crippen LogP) is 4.86. The molecule has 0 bridgehead atoms. The molecule has 0 aliphatic rings. The van der Waals surface area contributed by atoms with Crippen molar-refractivity contribution < 1.29 is 4.79 Å². The van der Waals surface area contributed by atoms with E-state index in [2.05, 4.69) is 37.8 Å². The number of alkyl halides is 1. The zero-order valence-corrected chi connectivity index (χ0v) is 14.3. The minimum Gasteiger partial charge on any atom is -0.298 e. The lowest BCUT2D eigenvalue weighted by molar-refractivity contribution is -0.121. The van der Waals surface area contributed by atoms with E-state index in [1.54, 1.807) is 0 Å². The Labute approximate surface area is 132 Å². The average Bonchev–Trinajstić information content (AvgIpc) is 2.42. The molecule has 0 spiro atoms. The van der Waals surface area contributed by atoms with E-state index >= 15 is 0 Å². The summed E-state index contributed by atoms with van der Waals surface area (Å²) in [6, 6.07) is 8.00. The number of hydrogen-bond acceptors (Lipinski definition) is 1. The Kier molecular flexibility index (Phi) is 6.82. The molecule has 3 heteroatoms. The van der Waals surface area contributed by atoms with Crippen LogP contribution in [-0.4, -0.2) is 11.1 Å². The molecule has 0 aliphatic carbocycles. The van der Waals surface area contributed by atoms with E-state index < -0.39 is 5.41 Å². The number of carbonyl (C=O) groups is 1. The molecule has 0 saturated carbocycles. The predicted molar refractivity (Wildman–Crippen MR) is 87.6 cm³/mol. The number of Topliss-reactive ketones (excluding diaryl/α,β-unsaturated/α-hetero) is 1. The fraction of sp³-hybridized carbons (Fsp3) is 0.438. The Hall–Kier alpha value is -0.590. The highest BCUT2D eigenvalue weighted by molar-refractivity contribution is 9.10.